The Balaban J connectivity index is 1.95. The van der Waals surface area contributed by atoms with Crippen LogP contribution in [0.5, 0.6) is 0 Å². The van der Waals surface area contributed by atoms with Crippen LogP contribution in [-0.4, -0.2) is 17.3 Å². The van der Waals surface area contributed by atoms with Gasteiger partial charge in [-0.05, 0) is 49.7 Å². The molecule has 0 radical (unpaired) electrons. The molecule has 1 aliphatic carbocycles. The van der Waals surface area contributed by atoms with Gasteiger partial charge in [0.1, 0.15) is 0 Å². The van der Waals surface area contributed by atoms with Gasteiger partial charge >= 0.3 is 0 Å². The second-order valence-electron chi connectivity index (χ2n) is 7.13. The van der Waals surface area contributed by atoms with Crippen LogP contribution in [0.4, 0.5) is 0 Å². The van der Waals surface area contributed by atoms with Gasteiger partial charge in [0.15, 0.2) is 0 Å². The lowest BCUT2D eigenvalue weighted by molar-refractivity contribution is -0.0258. The van der Waals surface area contributed by atoms with Crippen LogP contribution in [0.15, 0.2) is 18.2 Å². The molecule has 21 heavy (non-hydrogen) atoms. The van der Waals surface area contributed by atoms with Crippen molar-refractivity contribution in [1.82, 2.24) is 5.32 Å². The monoisotopic (exact) mass is 329 g/mol. The summed E-state index contributed by atoms with van der Waals surface area (Å²) in [6, 6.07) is 5.73. The van der Waals surface area contributed by atoms with E-state index in [1.807, 2.05) is 19.1 Å². The quantitative estimate of drug-likeness (QED) is 0.816. The summed E-state index contributed by atoms with van der Waals surface area (Å²) >= 11 is 12.3. The molecule has 1 unspecified atom stereocenters. The predicted molar refractivity (Wildman–Crippen MR) is 90.1 cm³/mol. The zero-order valence-electron chi connectivity index (χ0n) is 13.0. The number of rotatable bonds is 4. The van der Waals surface area contributed by atoms with Crippen LogP contribution in [0.1, 0.15) is 58.1 Å². The highest BCUT2D eigenvalue weighted by Crippen LogP contribution is 2.40. The Morgan fingerprint density at radius 2 is 1.81 bits per heavy atom. The summed E-state index contributed by atoms with van der Waals surface area (Å²) in [7, 11) is 0. The van der Waals surface area contributed by atoms with Crippen molar-refractivity contribution in [3.63, 3.8) is 0 Å². The van der Waals surface area contributed by atoms with Crippen LogP contribution in [-0.2, 0) is 0 Å². The molecule has 2 rings (SSSR count). The summed E-state index contributed by atoms with van der Waals surface area (Å²) in [5.41, 5.74) is 0.729. The number of aliphatic hydroxyl groups is 1. The highest BCUT2D eigenvalue weighted by Gasteiger charge is 2.36. The van der Waals surface area contributed by atoms with Crippen LogP contribution in [0.25, 0.3) is 0 Å². The Kier molecular flexibility index (Phi) is 5.25. The Morgan fingerprint density at radius 1 is 1.19 bits per heavy atom. The maximum absolute atomic E-state index is 10.7. The molecule has 0 heterocycles. The van der Waals surface area contributed by atoms with Crippen molar-refractivity contribution in [2.24, 2.45) is 5.41 Å². The van der Waals surface area contributed by atoms with E-state index in [2.05, 4.69) is 19.2 Å². The van der Waals surface area contributed by atoms with E-state index in [4.69, 9.17) is 23.2 Å². The fourth-order valence-electron chi connectivity index (χ4n) is 2.88. The lowest BCUT2D eigenvalue weighted by Gasteiger charge is -2.40. The van der Waals surface area contributed by atoms with E-state index in [0.717, 1.165) is 31.2 Å². The Bertz CT molecular complexity index is 492. The summed E-state index contributed by atoms with van der Waals surface area (Å²) in [6.45, 7) is 7.18. The fourth-order valence-corrected chi connectivity index (χ4v) is 3.35. The molecule has 0 spiro atoms. The number of halogens is 2. The summed E-state index contributed by atoms with van der Waals surface area (Å²) in [5, 5.41) is 15.3. The molecule has 1 fully saturated rings. The van der Waals surface area contributed by atoms with Crippen molar-refractivity contribution in [3.05, 3.63) is 33.8 Å². The molecule has 1 aromatic carbocycles. The molecule has 118 valence electrons. The van der Waals surface area contributed by atoms with E-state index >= 15 is 0 Å². The van der Waals surface area contributed by atoms with E-state index in [1.54, 1.807) is 6.07 Å². The van der Waals surface area contributed by atoms with Crippen LogP contribution < -0.4 is 5.32 Å². The minimum atomic E-state index is -0.602. The standard InChI is InChI=1S/C17H25Cl2NO/c1-12(13-5-4-6-14(18)15(13)19)20-11-17(21)9-7-16(2,3)8-10-17/h4-6,12,20-21H,7-11H2,1-3H3. The van der Waals surface area contributed by atoms with Gasteiger partial charge in [0.25, 0.3) is 0 Å². The minimum Gasteiger partial charge on any atom is -0.389 e. The largest absolute Gasteiger partial charge is 0.389 e. The molecule has 0 bridgehead atoms. The number of nitrogens with one attached hydrogen (secondary N) is 1. The van der Waals surface area contributed by atoms with Crippen molar-refractivity contribution < 1.29 is 5.11 Å². The highest BCUT2D eigenvalue weighted by atomic mass is 35.5. The molecule has 2 N–H and O–H groups in total. The van der Waals surface area contributed by atoms with Gasteiger partial charge in [-0.25, -0.2) is 0 Å². The van der Waals surface area contributed by atoms with Crippen LogP contribution >= 0.6 is 23.2 Å². The topological polar surface area (TPSA) is 32.3 Å². The first kappa shape index (κ1) is 17.1. The van der Waals surface area contributed by atoms with Gasteiger partial charge in [-0.1, -0.05) is 49.2 Å². The summed E-state index contributed by atoms with van der Waals surface area (Å²) in [5.74, 6) is 0. The molecule has 1 saturated carbocycles. The average Bonchev–Trinajstić information content (AvgIpc) is 2.43. The SMILES string of the molecule is CC(NCC1(O)CCC(C)(C)CC1)c1cccc(Cl)c1Cl. The third kappa shape index (κ3) is 4.35. The van der Waals surface area contributed by atoms with Gasteiger partial charge in [-0.3, -0.25) is 0 Å². The van der Waals surface area contributed by atoms with Crippen LogP contribution in [0.3, 0.4) is 0 Å². The Labute approximate surface area is 137 Å². The molecule has 4 heteroatoms. The molecule has 1 aromatic rings. The van der Waals surface area contributed by atoms with E-state index < -0.39 is 5.60 Å². The first-order chi connectivity index (χ1) is 9.72. The van der Waals surface area contributed by atoms with E-state index in [9.17, 15) is 5.11 Å². The molecule has 2 nitrogen and oxygen atoms in total. The van der Waals surface area contributed by atoms with E-state index in [0.29, 0.717) is 22.0 Å². The van der Waals surface area contributed by atoms with Gasteiger partial charge in [0.05, 0.1) is 15.6 Å². The van der Waals surface area contributed by atoms with Gasteiger partial charge in [-0.2, -0.15) is 0 Å². The van der Waals surface area contributed by atoms with Crippen molar-refractivity contribution in [2.75, 3.05) is 6.54 Å². The minimum absolute atomic E-state index is 0.0650. The summed E-state index contributed by atoms with van der Waals surface area (Å²) in [4.78, 5) is 0. The summed E-state index contributed by atoms with van der Waals surface area (Å²) < 4.78 is 0. The smallest absolute Gasteiger partial charge is 0.0772 e. The third-order valence-electron chi connectivity index (χ3n) is 4.72. The molecule has 0 amide bonds. The van der Waals surface area contributed by atoms with Crippen molar-refractivity contribution in [1.29, 1.82) is 0 Å². The molecule has 0 saturated heterocycles. The first-order valence-corrected chi connectivity index (χ1v) is 8.38. The maximum atomic E-state index is 10.7. The molecule has 0 aromatic heterocycles. The lowest BCUT2D eigenvalue weighted by atomic mass is 9.71. The van der Waals surface area contributed by atoms with Gasteiger partial charge in [-0.15, -0.1) is 0 Å². The number of hydrogen-bond donors (Lipinski definition) is 2. The van der Waals surface area contributed by atoms with Crippen LogP contribution in [0, 0.1) is 5.41 Å². The normalized spacial score (nSPS) is 22.0. The Hall–Kier alpha value is -0.280. The number of hydrogen-bond acceptors (Lipinski definition) is 2. The van der Waals surface area contributed by atoms with E-state index in [1.165, 1.54) is 0 Å². The Morgan fingerprint density at radius 3 is 2.43 bits per heavy atom. The van der Waals surface area contributed by atoms with Crippen molar-refractivity contribution in [2.45, 2.75) is 58.1 Å². The molecule has 1 atom stereocenters. The van der Waals surface area contributed by atoms with Crippen molar-refractivity contribution >= 4 is 23.2 Å². The fraction of sp³-hybridized carbons (Fsp3) is 0.647. The predicted octanol–water partition coefficient (Wildman–Crippen LogP) is 4.98. The molecule has 1 aliphatic rings. The zero-order chi connectivity index (χ0) is 15.7. The van der Waals surface area contributed by atoms with Gasteiger partial charge < -0.3 is 10.4 Å². The highest BCUT2D eigenvalue weighted by molar-refractivity contribution is 6.42. The molecule has 0 aliphatic heterocycles. The second-order valence-corrected chi connectivity index (χ2v) is 7.92. The second kappa shape index (κ2) is 6.45. The van der Waals surface area contributed by atoms with Gasteiger partial charge in [0, 0.05) is 12.6 Å². The van der Waals surface area contributed by atoms with Crippen LogP contribution in [0.2, 0.25) is 10.0 Å². The first-order valence-electron chi connectivity index (χ1n) is 7.62. The lowest BCUT2D eigenvalue weighted by Crippen LogP contribution is -2.45. The molecular formula is C17H25Cl2NO. The third-order valence-corrected chi connectivity index (χ3v) is 5.55. The zero-order valence-corrected chi connectivity index (χ0v) is 14.6. The molecular weight excluding hydrogens is 305 g/mol. The van der Waals surface area contributed by atoms with Gasteiger partial charge in [0.2, 0.25) is 0 Å². The summed E-state index contributed by atoms with van der Waals surface area (Å²) in [6.07, 6.45) is 3.83. The number of benzene rings is 1. The average molecular weight is 330 g/mol. The maximum Gasteiger partial charge on any atom is 0.0772 e. The van der Waals surface area contributed by atoms with Crippen molar-refractivity contribution in [3.8, 4) is 0 Å². The van der Waals surface area contributed by atoms with E-state index in [-0.39, 0.29) is 6.04 Å².